The third-order valence-corrected chi connectivity index (χ3v) is 2.55. The van der Waals surface area contributed by atoms with Gasteiger partial charge in [0.05, 0.1) is 18.8 Å². The van der Waals surface area contributed by atoms with E-state index in [1.165, 1.54) is 7.11 Å². The maximum absolute atomic E-state index is 11.2. The van der Waals surface area contributed by atoms with Crippen LogP contribution in [0.4, 0.5) is 0 Å². The van der Waals surface area contributed by atoms with Crippen molar-refractivity contribution < 1.29 is 14.6 Å². The fourth-order valence-corrected chi connectivity index (χ4v) is 1.40. The topological polar surface area (TPSA) is 72.5 Å². The molecule has 4 nitrogen and oxygen atoms in total. The first-order chi connectivity index (χ1) is 7.60. The van der Waals surface area contributed by atoms with Gasteiger partial charge in [0.15, 0.2) is 0 Å². The van der Waals surface area contributed by atoms with Gasteiger partial charge in [-0.05, 0) is 24.1 Å². The molecule has 1 rings (SSSR count). The van der Waals surface area contributed by atoms with Crippen molar-refractivity contribution in [2.75, 3.05) is 7.11 Å². The summed E-state index contributed by atoms with van der Waals surface area (Å²) in [6, 6.07) is 6.32. The number of hydrogen-bond donors (Lipinski definition) is 2. The van der Waals surface area contributed by atoms with E-state index >= 15 is 0 Å². The summed E-state index contributed by atoms with van der Waals surface area (Å²) in [6.45, 7) is 1.91. The van der Waals surface area contributed by atoms with Gasteiger partial charge in [-0.1, -0.05) is 19.1 Å². The van der Waals surface area contributed by atoms with Crippen molar-refractivity contribution in [3.63, 3.8) is 0 Å². The third kappa shape index (κ3) is 2.81. The van der Waals surface area contributed by atoms with E-state index in [0.29, 0.717) is 17.5 Å². The Kier molecular flexibility index (Phi) is 4.46. The Hall–Kier alpha value is -1.39. The second-order valence-electron chi connectivity index (χ2n) is 3.63. The molecular formula is C12H17NO3. The molecule has 3 N–H and O–H groups in total. The average molecular weight is 223 g/mol. The van der Waals surface area contributed by atoms with Gasteiger partial charge in [-0.25, -0.2) is 4.79 Å². The van der Waals surface area contributed by atoms with E-state index in [2.05, 4.69) is 4.74 Å². The van der Waals surface area contributed by atoms with Gasteiger partial charge in [0.1, 0.15) is 0 Å². The molecule has 0 amide bonds. The summed E-state index contributed by atoms with van der Waals surface area (Å²) < 4.78 is 4.58. The van der Waals surface area contributed by atoms with E-state index in [0.717, 1.165) is 0 Å². The summed E-state index contributed by atoms with van der Waals surface area (Å²) in [6.07, 6.45) is -0.00314. The molecule has 0 aromatic heterocycles. The number of methoxy groups -OCH3 is 1. The van der Waals surface area contributed by atoms with Gasteiger partial charge < -0.3 is 15.6 Å². The molecule has 1 aromatic rings. The molecule has 0 spiro atoms. The van der Waals surface area contributed by atoms with Crippen LogP contribution in [-0.2, 0) is 4.74 Å². The zero-order valence-corrected chi connectivity index (χ0v) is 9.51. The Morgan fingerprint density at radius 1 is 1.44 bits per heavy atom. The lowest BCUT2D eigenvalue weighted by molar-refractivity contribution is 0.0600. The minimum absolute atomic E-state index is 0.288. The summed E-state index contributed by atoms with van der Waals surface area (Å²) >= 11 is 0. The van der Waals surface area contributed by atoms with E-state index in [4.69, 9.17) is 5.73 Å². The van der Waals surface area contributed by atoms with Crippen LogP contribution in [0.5, 0.6) is 0 Å². The highest BCUT2D eigenvalue weighted by molar-refractivity contribution is 5.89. The normalized spacial score (nSPS) is 14.2. The highest BCUT2D eigenvalue weighted by Crippen LogP contribution is 2.18. The largest absolute Gasteiger partial charge is 0.465 e. The molecule has 2 atom stereocenters. The zero-order valence-electron chi connectivity index (χ0n) is 9.51. The third-order valence-electron chi connectivity index (χ3n) is 2.55. The molecule has 88 valence electrons. The predicted molar refractivity (Wildman–Crippen MR) is 61.0 cm³/mol. The molecule has 0 heterocycles. The molecule has 0 unspecified atom stereocenters. The lowest BCUT2D eigenvalue weighted by atomic mass is 10.00. The van der Waals surface area contributed by atoms with Crippen molar-refractivity contribution in [3.05, 3.63) is 35.4 Å². The van der Waals surface area contributed by atoms with E-state index in [9.17, 15) is 9.90 Å². The van der Waals surface area contributed by atoms with Crippen LogP contribution in [0.15, 0.2) is 24.3 Å². The standard InChI is InChI=1S/C12H17NO3/c1-3-10(13)11(14)8-4-6-9(7-5-8)12(15)16-2/h4-7,10-11,14H,3,13H2,1-2H3/t10-,11+/m0/s1. The molecule has 0 saturated heterocycles. The monoisotopic (exact) mass is 223 g/mol. The quantitative estimate of drug-likeness (QED) is 0.753. The Bertz CT molecular complexity index is 348. The average Bonchev–Trinajstić information content (AvgIpc) is 2.36. The smallest absolute Gasteiger partial charge is 0.337 e. The first-order valence-electron chi connectivity index (χ1n) is 5.22. The number of nitrogens with two attached hydrogens (primary N) is 1. The van der Waals surface area contributed by atoms with E-state index in [1.807, 2.05) is 6.92 Å². The lowest BCUT2D eigenvalue weighted by Gasteiger charge is -2.17. The maximum atomic E-state index is 11.2. The summed E-state index contributed by atoms with van der Waals surface area (Å²) in [5, 5.41) is 9.83. The van der Waals surface area contributed by atoms with Gasteiger partial charge in [0.25, 0.3) is 0 Å². The number of aliphatic hydroxyl groups is 1. The van der Waals surface area contributed by atoms with Crippen LogP contribution in [0.2, 0.25) is 0 Å². The van der Waals surface area contributed by atoms with Crippen molar-refractivity contribution >= 4 is 5.97 Å². The molecule has 0 fully saturated rings. The molecule has 0 saturated carbocycles. The van der Waals surface area contributed by atoms with E-state index in [-0.39, 0.29) is 12.0 Å². The summed E-state index contributed by atoms with van der Waals surface area (Å²) in [5.74, 6) is -0.388. The maximum Gasteiger partial charge on any atom is 0.337 e. The Balaban J connectivity index is 2.82. The summed E-state index contributed by atoms with van der Waals surface area (Å²) in [7, 11) is 1.33. The minimum Gasteiger partial charge on any atom is -0.465 e. The van der Waals surface area contributed by atoms with Crippen LogP contribution in [0, 0.1) is 0 Å². The van der Waals surface area contributed by atoms with Gasteiger partial charge in [-0.3, -0.25) is 0 Å². The van der Waals surface area contributed by atoms with E-state index in [1.54, 1.807) is 24.3 Å². The molecule has 0 aliphatic rings. The van der Waals surface area contributed by atoms with Crippen LogP contribution in [0.1, 0.15) is 35.4 Å². The molecule has 0 aliphatic heterocycles. The number of carbonyl (C=O) groups excluding carboxylic acids is 1. The first-order valence-corrected chi connectivity index (χ1v) is 5.22. The molecule has 0 bridgehead atoms. The van der Waals surface area contributed by atoms with Crippen LogP contribution >= 0.6 is 0 Å². The predicted octanol–water partition coefficient (Wildman–Crippen LogP) is 1.24. The van der Waals surface area contributed by atoms with Gasteiger partial charge in [-0.15, -0.1) is 0 Å². The highest BCUT2D eigenvalue weighted by atomic mass is 16.5. The van der Waals surface area contributed by atoms with Gasteiger partial charge in [-0.2, -0.15) is 0 Å². The number of ether oxygens (including phenoxy) is 1. The highest BCUT2D eigenvalue weighted by Gasteiger charge is 2.15. The van der Waals surface area contributed by atoms with Crippen molar-refractivity contribution in [1.29, 1.82) is 0 Å². The molecule has 0 aliphatic carbocycles. The van der Waals surface area contributed by atoms with E-state index < -0.39 is 6.10 Å². The van der Waals surface area contributed by atoms with Gasteiger partial charge >= 0.3 is 5.97 Å². The number of hydrogen-bond acceptors (Lipinski definition) is 4. The Morgan fingerprint density at radius 2 is 2.00 bits per heavy atom. The zero-order chi connectivity index (χ0) is 12.1. The lowest BCUT2D eigenvalue weighted by Crippen LogP contribution is -2.27. The van der Waals surface area contributed by atoms with Crippen LogP contribution in [0.3, 0.4) is 0 Å². The number of esters is 1. The van der Waals surface area contributed by atoms with Crippen molar-refractivity contribution in [1.82, 2.24) is 0 Å². The van der Waals surface area contributed by atoms with Crippen molar-refractivity contribution in [3.8, 4) is 0 Å². The number of carbonyl (C=O) groups is 1. The Morgan fingerprint density at radius 3 is 2.44 bits per heavy atom. The number of rotatable bonds is 4. The van der Waals surface area contributed by atoms with Crippen LogP contribution in [-0.4, -0.2) is 24.2 Å². The second kappa shape index (κ2) is 5.63. The fraction of sp³-hybridized carbons (Fsp3) is 0.417. The Labute approximate surface area is 95.0 Å². The molecule has 0 radical (unpaired) electrons. The number of aliphatic hydroxyl groups excluding tert-OH is 1. The van der Waals surface area contributed by atoms with Crippen LogP contribution < -0.4 is 5.73 Å². The van der Waals surface area contributed by atoms with Gasteiger partial charge in [0, 0.05) is 6.04 Å². The fourth-order valence-electron chi connectivity index (χ4n) is 1.40. The summed E-state index contributed by atoms with van der Waals surface area (Å²) in [4.78, 5) is 11.2. The first kappa shape index (κ1) is 12.7. The molecule has 1 aromatic carbocycles. The second-order valence-corrected chi connectivity index (χ2v) is 3.63. The van der Waals surface area contributed by atoms with Gasteiger partial charge in [0.2, 0.25) is 0 Å². The SMILES string of the molecule is CC[C@H](N)[C@H](O)c1ccc(C(=O)OC)cc1. The van der Waals surface area contributed by atoms with Crippen LogP contribution in [0.25, 0.3) is 0 Å². The summed E-state index contributed by atoms with van der Waals surface area (Å²) in [5.41, 5.74) is 6.90. The number of benzene rings is 1. The molecular weight excluding hydrogens is 206 g/mol. The van der Waals surface area contributed by atoms with Crippen molar-refractivity contribution in [2.24, 2.45) is 5.73 Å². The minimum atomic E-state index is -0.698. The molecule has 4 heteroatoms. The molecule has 16 heavy (non-hydrogen) atoms. The van der Waals surface area contributed by atoms with Crippen molar-refractivity contribution in [2.45, 2.75) is 25.5 Å².